The van der Waals surface area contributed by atoms with Crippen LogP contribution in [-0.2, 0) is 17.9 Å². The topological polar surface area (TPSA) is 45.5 Å². The number of hydrogen-bond acceptors (Lipinski definition) is 4. The van der Waals surface area contributed by atoms with Crippen LogP contribution in [0.25, 0.3) is 0 Å². The summed E-state index contributed by atoms with van der Waals surface area (Å²) in [6, 6.07) is 8.38. The third-order valence-electron chi connectivity index (χ3n) is 4.51. The summed E-state index contributed by atoms with van der Waals surface area (Å²) < 4.78 is 5.46. The summed E-state index contributed by atoms with van der Waals surface area (Å²) in [6.45, 7) is 1.84. The lowest BCUT2D eigenvalue weighted by Crippen LogP contribution is -2.41. The minimum atomic E-state index is 0.130. The highest BCUT2D eigenvalue weighted by molar-refractivity contribution is 7.09. The Morgan fingerprint density at radius 2 is 2.00 bits per heavy atom. The van der Waals surface area contributed by atoms with Gasteiger partial charge in [0.05, 0.1) is 19.4 Å². The van der Waals surface area contributed by atoms with Crippen molar-refractivity contribution in [3.63, 3.8) is 0 Å². The van der Waals surface area contributed by atoms with E-state index in [1.807, 2.05) is 12.1 Å². The van der Waals surface area contributed by atoms with Gasteiger partial charge in [0.2, 0.25) is 5.91 Å². The fraction of sp³-hybridized carbons (Fsp3) is 0.526. The summed E-state index contributed by atoms with van der Waals surface area (Å²) in [7, 11) is 0. The van der Waals surface area contributed by atoms with Gasteiger partial charge in [0.15, 0.2) is 0 Å². The van der Waals surface area contributed by atoms with Gasteiger partial charge in [-0.15, -0.1) is 11.3 Å². The van der Waals surface area contributed by atoms with Crippen LogP contribution in [0.5, 0.6) is 0 Å². The molecule has 1 aliphatic rings. The van der Waals surface area contributed by atoms with Crippen molar-refractivity contribution in [2.45, 2.75) is 57.7 Å². The standard InChI is InChI=1S/C19H26N2O2S/c22-19(20-16-7-3-1-2-4-8-16)15-21(13-17-9-5-11-23-17)14-18-10-6-12-24-18/h5-6,9-12,16H,1-4,7-8,13-15H2,(H,20,22). The normalized spacial score (nSPS) is 16.2. The molecule has 0 saturated heterocycles. The minimum absolute atomic E-state index is 0.130. The van der Waals surface area contributed by atoms with Gasteiger partial charge >= 0.3 is 0 Å². The molecule has 1 fully saturated rings. The fourth-order valence-corrected chi connectivity index (χ4v) is 4.06. The van der Waals surface area contributed by atoms with E-state index in [9.17, 15) is 4.79 Å². The van der Waals surface area contributed by atoms with Gasteiger partial charge in [-0.25, -0.2) is 0 Å². The van der Waals surface area contributed by atoms with Crippen molar-refractivity contribution in [2.24, 2.45) is 0 Å². The monoisotopic (exact) mass is 346 g/mol. The Hall–Kier alpha value is -1.59. The van der Waals surface area contributed by atoms with E-state index in [4.69, 9.17) is 4.42 Å². The Morgan fingerprint density at radius 3 is 2.67 bits per heavy atom. The predicted molar refractivity (Wildman–Crippen MR) is 96.8 cm³/mol. The average molecular weight is 346 g/mol. The van der Waals surface area contributed by atoms with Gasteiger partial charge in [-0.05, 0) is 36.4 Å². The Kier molecular flexibility index (Phi) is 6.49. The molecule has 1 amide bonds. The van der Waals surface area contributed by atoms with Gasteiger partial charge in [0.25, 0.3) is 0 Å². The van der Waals surface area contributed by atoms with Gasteiger partial charge in [-0.3, -0.25) is 9.69 Å². The quantitative estimate of drug-likeness (QED) is 0.765. The van der Waals surface area contributed by atoms with Crippen LogP contribution in [-0.4, -0.2) is 23.4 Å². The second-order valence-corrected chi connectivity index (χ2v) is 7.59. The van der Waals surface area contributed by atoms with E-state index in [1.54, 1.807) is 17.6 Å². The van der Waals surface area contributed by atoms with Crippen LogP contribution in [0, 0.1) is 0 Å². The number of rotatable bonds is 7. The molecule has 0 radical (unpaired) electrons. The molecule has 0 bridgehead atoms. The summed E-state index contributed by atoms with van der Waals surface area (Å²) in [5.74, 6) is 1.03. The van der Waals surface area contributed by atoms with Gasteiger partial charge < -0.3 is 9.73 Å². The maximum atomic E-state index is 12.5. The van der Waals surface area contributed by atoms with Crippen LogP contribution in [0.15, 0.2) is 40.3 Å². The van der Waals surface area contributed by atoms with Gasteiger partial charge in [0, 0.05) is 17.5 Å². The molecule has 2 aromatic heterocycles. The van der Waals surface area contributed by atoms with Gasteiger partial charge in [-0.2, -0.15) is 0 Å². The van der Waals surface area contributed by atoms with Crippen LogP contribution < -0.4 is 5.32 Å². The number of carbonyl (C=O) groups excluding carboxylic acids is 1. The van der Waals surface area contributed by atoms with Crippen molar-refractivity contribution in [1.29, 1.82) is 0 Å². The molecule has 24 heavy (non-hydrogen) atoms. The van der Waals surface area contributed by atoms with Crippen LogP contribution in [0.3, 0.4) is 0 Å². The second kappa shape index (κ2) is 9.04. The molecule has 2 heterocycles. The van der Waals surface area contributed by atoms with E-state index in [0.29, 0.717) is 19.1 Å². The van der Waals surface area contributed by atoms with E-state index >= 15 is 0 Å². The van der Waals surface area contributed by atoms with Gasteiger partial charge in [0.1, 0.15) is 5.76 Å². The number of carbonyl (C=O) groups is 1. The van der Waals surface area contributed by atoms with Crippen LogP contribution in [0.1, 0.15) is 49.2 Å². The van der Waals surface area contributed by atoms with E-state index in [-0.39, 0.29) is 5.91 Å². The first-order valence-corrected chi connectivity index (χ1v) is 9.74. The van der Waals surface area contributed by atoms with E-state index in [0.717, 1.165) is 25.1 Å². The smallest absolute Gasteiger partial charge is 0.234 e. The van der Waals surface area contributed by atoms with Crippen molar-refractivity contribution < 1.29 is 9.21 Å². The molecule has 4 nitrogen and oxygen atoms in total. The highest BCUT2D eigenvalue weighted by Gasteiger charge is 2.18. The third kappa shape index (κ3) is 5.49. The molecular weight excluding hydrogens is 320 g/mol. The summed E-state index contributed by atoms with van der Waals surface area (Å²) in [5.41, 5.74) is 0. The van der Waals surface area contributed by atoms with Crippen molar-refractivity contribution in [3.05, 3.63) is 46.5 Å². The lowest BCUT2D eigenvalue weighted by atomic mass is 10.1. The molecule has 1 aliphatic carbocycles. The Bertz CT molecular complexity index is 551. The highest BCUT2D eigenvalue weighted by atomic mass is 32.1. The number of nitrogens with one attached hydrogen (secondary N) is 1. The molecule has 3 rings (SSSR count). The molecule has 0 spiro atoms. The molecule has 1 N–H and O–H groups in total. The summed E-state index contributed by atoms with van der Waals surface area (Å²) in [4.78, 5) is 15.9. The number of thiophene rings is 1. The highest BCUT2D eigenvalue weighted by Crippen LogP contribution is 2.18. The molecule has 0 aromatic carbocycles. The third-order valence-corrected chi connectivity index (χ3v) is 5.37. The first kappa shape index (κ1) is 17.2. The second-order valence-electron chi connectivity index (χ2n) is 6.56. The number of nitrogens with zero attached hydrogens (tertiary/aromatic N) is 1. The zero-order chi connectivity index (χ0) is 16.6. The van der Waals surface area contributed by atoms with Crippen LogP contribution >= 0.6 is 11.3 Å². The maximum Gasteiger partial charge on any atom is 0.234 e. The molecular formula is C19H26N2O2S. The molecule has 0 aliphatic heterocycles. The van der Waals surface area contributed by atoms with Crippen LogP contribution in [0.4, 0.5) is 0 Å². The molecule has 2 aromatic rings. The Balaban J connectivity index is 1.56. The zero-order valence-corrected chi connectivity index (χ0v) is 14.9. The molecule has 130 valence electrons. The Labute approximate surface area is 147 Å². The van der Waals surface area contributed by atoms with E-state index < -0.39 is 0 Å². The maximum absolute atomic E-state index is 12.5. The molecule has 5 heteroatoms. The summed E-state index contributed by atoms with van der Waals surface area (Å²) >= 11 is 1.73. The number of amides is 1. The van der Waals surface area contributed by atoms with Crippen molar-refractivity contribution in [2.75, 3.05) is 6.54 Å². The molecule has 1 saturated carbocycles. The first-order valence-electron chi connectivity index (χ1n) is 8.86. The largest absolute Gasteiger partial charge is 0.468 e. The predicted octanol–water partition coefficient (Wildman–Crippen LogP) is 4.18. The lowest BCUT2D eigenvalue weighted by Gasteiger charge is -2.22. The van der Waals surface area contributed by atoms with E-state index in [2.05, 4.69) is 27.7 Å². The molecule has 0 atom stereocenters. The fourth-order valence-electron chi connectivity index (χ4n) is 3.31. The Morgan fingerprint density at radius 1 is 1.17 bits per heavy atom. The van der Waals surface area contributed by atoms with Crippen molar-refractivity contribution in [1.82, 2.24) is 10.2 Å². The van der Waals surface area contributed by atoms with Crippen molar-refractivity contribution >= 4 is 17.2 Å². The van der Waals surface area contributed by atoms with Crippen molar-refractivity contribution in [3.8, 4) is 0 Å². The lowest BCUT2D eigenvalue weighted by molar-refractivity contribution is -0.123. The number of furan rings is 1. The molecule has 0 unspecified atom stereocenters. The van der Waals surface area contributed by atoms with E-state index in [1.165, 1.54) is 30.6 Å². The summed E-state index contributed by atoms with van der Waals surface area (Å²) in [5, 5.41) is 5.32. The van der Waals surface area contributed by atoms with Crippen LogP contribution in [0.2, 0.25) is 0 Å². The zero-order valence-electron chi connectivity index (χ0n) is 14.1. The SMILES string of the molecule is O=C(CN(Cc1ccco1)Cc1cccs1)NC1CCCCCC1. The summed E-state index contributed by atoms with van der Waals surface area (Å²) in [6.07, 6.45) is 8.99. The number of hydrogen-bond donors (Lipinski definition) is 1. The first-order chi connectivity index (χ1) is 11.8. The van der Waals surface area contributed by atoms with Gasteiger partial charge in [-0.1, -0.05) is 31.7 Å². The minimum Gasteiger partial charge on any atom is -0.468 e. The average Bonchev–Trinajstić information content (AvgIpc) is 3.19.